The molecule has 6 heteroatoms. The summed E-state index contributed by atoms with van der Waals surface area (Å²) >= 11 is 6.08. The fraction of sp³-hybridized carbons (Fsp3) is 0.500. The van der Waals surface area contributed by atoms with Crippen molar-refractivity contribution < 1.29 is 14.3 Å². The minimum atomic E-state index is -0.685. The summed E-state index contributed by atoms with van der Waals surface area (Å²) in [6.07, 6.45) is 0.740. The van der Waals surface area contributed by atoms with Gasteiger partial charge in [-0.3, -0.25) is 9.59 Å². The number of primary amides is 1. The molecule has 0 aromatic heterocycles. The van der Waals surface area contributed by atoms with Crippen LogP contribution in [0.1, 0.15) is 31.4 Å². The lowest BCUT2D eigenvalue weighted by Gasteiger charge is -2.21. The number of rotatable bonds is 7. The van der Waals surface area contributed by atoms with Gasteiger partial charge in [-0.25, -0.2) is 0 Å². The van der Waals surface area contributed by atoms with E-state index >= 15 is 0 Å². The molecule has 1 aromatic carbocycles. The molecule has 3 N–H and O–H groups in total. The molecule has 0 spiro atoms. The van der Waals surface area contributed by atoms with Gasteiger partial charge in [-0.15, -0.1) is 0 Å². The Balaban J connectivity index is 2.64. The van der Waals surface area contributed by atoms with Gasteiger partial charge in [0.1, 0.15) is 11.8 Å². The number of hydrogen-bond donors (Lipinski definition) is 2. The van der Waals surface area contributed by atoms with E-state index in [0.717, 1.165) is 17.5 Å². The number of benzene rings is 1. The highest BCUT2D eigenvalue weighted by molar-refractivity contribution is 6.32. The van der Waals surface area contributed by atoms with E-state index < -0.39 is 11.9 Å². The first-order chi connectivity index (χ1) is 10.3. The van der Waals surface area contributed by atoms with Crippen LogP contribution in [0.25, 0.3) is 0 Å². The number of nitrogens with two attached hydrogens (primary N) is 1. The van der Waals surface area contributed by atoms with Crippen molar-refractivity contribution in [3.05, 3.63) is 28.3 Å². The van der Waals surface area contributed by atoms with E-state index in [1.807, 2.05) is 27.7 Å². The number of hydrogen-bond acceptors (Lipinski definition) is 3. The summed E-state index contributed by atoms with van der Waals surface area (Å²) in [6.45, 7) is 7.36. The van der Waals surface area contributed by atoms with Crippen LogP contribution in [-0.4, -0.2) is 24.5 Å². The Labute approximate surface area is 136 Å². The number of nitrogens with one attached hydrogen (secondary N) is 1. The van der Waals surface area contributed by atoms with Crippen LogP contribution in [0.2, 0.25) is 5.02 Å². The molecule has 0 radical (unpaired) electrons. The highest BCUT2D eigenvalue weighted by atomic mass is 35.5. The molecule has 0 aliphatic rings. The SMILES string of the molecule is CCC(C)C(NC(=O)COc1cc(C)c(Cl)c(C)c1)C(N)=O. The number of amides is 2. The number of carbonyl (C=O) groups excluding carboxylic acids is 2. The van der Waals surface area contributed by atoms with Gasteiger partial charge in [0.05, 0.1) is 0 Å². The van der Waals surface area contributed by atoms with Gasteiger partial charge < -0.3 is 15.8 Å². The quantitative estimate of drug-likeness (QED) is 0.807. The van der Waals surface area contributed by atoms with Crippen LogP contribution in [0.4, 0.5) is 0 Å². The van der Waals surface area contributed by atoms with E-state index in [9.17, 15) is 9.59 Å². The van der Waals surface area contributed by atoms with Gasteiger partial charge in [0.15, 0.2) is 6.61 Å². The van der Waals surface area contributed by atoms with Crippen LogP contribution in [0.5, 0.6) is 5.75 Å². The predicted molar refractivity (Wildman–Crippen MR) is 87.0 cm³/mol. The fourth-order valence-corrected chi connectivity index (χ4v) is 2.19. The van der Waals surface area contributed by atoms with Gasteiger partial charge in [-0.05, 0) is 43.0 Å². The van der Waals surface area contributed by atoms with Crippen LogP contribution in [0.15, 0.2) is 12.1 Å². The van der Waals surface area contributed by atoms with Crippen LogP contribution in [0.3, 0.4) is 0 Å². The monoisotopic (exact) mass is 326 g/mol. The second-order valence-electron chi connectivity index (χ2n) is 5.49. The van der Waals surface area contributed by atoms with Crippen LogP contribution < -0.4 is 15.8 Å². The molecule has 2 amide bonds. The maximum absolute atomic E-state index is 11.9. The summed E-state index contributed by atoms with van der Waals surface area (Å²) in [5.41, 5.74) is 7.08. The molecule has 0 bridgehead atoms. The average Bonchev–Trinajstić information content (AvgIpc) is 2.46. The largest absolute Gasteiger partial charge is 0.484 e. The van der Waals surface area contributed by atoms with Gasteiger partial charge in [0.25, 0.3) is 5.91 Å². The second kappa shape index (κ2) is 8.03. The van der Waals surface area contributed by atoms with Crippen molar-refractivity contribution >= 4 is 23.4 Å². The topological polar surface area (TPSA) is 81.4 Å². The zero-order valence-electron chi connectivity index (χ0n) is 13.4. The first kappa shape index (κ1) is 18.3. The van der Waals surface area contributed by atoms with Gasteiger partial charge >= 0.3 is 0 Å². The van der Waals surface area contributed by atoms with Crippen molar-refractivity contribution in [1.82, 2.24) is 5.32 Å². The summed E-state index contributed by atoms with van der Waals surface area (Å²) < 4.78 is 5.46. The average molecular weight is 327 g/mol. The molecular formula is C16H23ClN2O3. The number of halogens is 1. The summed E-state index contributed by atoms with van der Waals surface area (Å²) in [5.74, 6) is -0.384. The molecule has 0 saturated carbocycles. The Morgan fingerprint density at radius 3 is 2.32 bits per heavy atom. The normalized spacial score (nSPS) is 13.3. The molecule has 22 heavy (non-hydrogen) atoms. The van der Waals surface area contributed by atoms with Crippen molar-refractivity contribution in [3.63, 3.8) is 0 Å². The molecule has 1 aromatic rings. The summed E-state index contributed by atoms with van der Waals surface area (Å²) in [6, 6.07) is 2.85. The number of carbonyl (C=O) groups is 2. The molecule has 0 saturated heterocycles. The van der Waals surface area contributed by atoms with E-state index in [-0.39, 0.29) is 18.4 Å². The first-order valence-electron chi connectivity index (χ1n) is 7.24. The predicted octanol–water partition coefficient (Wildman–Crippen LogP) is 2.35. The van der Waals surface area contributed by atoms with Crippen LogP contribution >= 0.6 is 11.6 Å². The van der Waals surface area contributed by atoms with E-state index in [4.69, 9.17) is 22.1 Å². The van der Waals surface area contributed by atoms with E-state index in [1.54, 1.807) is 12.1 Å². The molecule has 5 nitrogen and oxygen atoms in total. The van der Waals surface area contributed by atoms with Gasteiger partial charge in [0, 0.05) is 5.02 Å². The lowest BCUT2D eigenvalue weighted by atomic mass is 9.99. The van der Waals surface area contributed by atoms with Crippen LogP contribution in [0, 0.1) is 19.8 Å². The Morgan fingerprint density at radius 2 is 1.86 bits per heavy atom. The fourth-order valence-electron chi connectivity index (χ4n) is 2.08. The lowest BCUT2D eigenvalue weighted by molar-refractivity contribution is -0.129. The van der Waals surface area contributed by atoms with Crippen molar-refractivity contribution in [3.8, 4) is 5.75 Å². The summed E-state index contributed by atoms with van der Waals surface area (Å²) in [4.78, 5) is 23.3. The van der Waals surface area contributed by atoms with E-state index in [1.165, 1.54) is 0 Å². The third-order valence-corrected chi connectivity index (χ3v) is 4.21. The molecule has 1 rings (SSSR count). The summed E-state index contributed by atoms with van der Waals surface area (Å²) in [5, 5.41) is 3.30. The maximum atomic E-state index is 11.9. The molecular weight excluding hydrogens is 304 g/mol. The summed E-state index contributed by atoms with van der Waals surface area (Å²) in [7, 11) is 0. The smallest absolute Gasteiger partial charge is 0.258 e. The number of ether oxygens (including phenoxy) is 1. The minimum Gasteiger partial charge on any atom is -0.484 e. The third-order valence-electron chi connectivity index (χ3n) is 3.62. The van der Waals surface area contributed by atoms with Gasteiger partial charge in [-0.2, -0.15) is 0 Å². The Morgan fingerprint density at radius 1 is 1.32 bits per heavy atom. The molecule has 0 heterocycles. The first-order valence-corrected chi connectivity index (χ1v) is 7.62. The molecule has 0 aliphatic carbocycles. The van der Waals surface area contributed by atoms with Crippen molar-refractivity contribution in [2.75, 3.05) is 6.61 Å². The highest BCUT2D eigenvalue weighted by Crippen LogP contribution is 2.25. The van der Waals surface area contributed by atoms with Crippen molar-refractivity contribution in [1.29, 1.82) is 0 Å². The Bertz CT molecular complexity index is 537. The molecule has 122 valence electrons. The molecule has 2 atom stereocenters. The molecule has 2 unspecified atom stereocenters. The standard InChI is InChI=1S/C16H23ClN2O3/c1-5-9(2)15(16(18)21)19-13(20)8-22-12-6-10(3)14(17)11(4)7-12/h6-7,9,15H,5,8H2,1-4H3,(H2,18,21)(H,19,20). The number of aryl methyl sites for hydroxylation is 2. The highest BCUT2D eigenvalue weighted by Gasteiger charge is 2.23. The van der Waals surface area contributed by atoms with E-state index in [2.05, 4.69) is 5.32 Å². The third kappa shape index (κ3) is 4.91. The van der Waals surface area contributed by atoms with Gasteiger partial charge in [0.2, 0.25) is 5.91 Å². The van der Waals surface area contributed by atoms with Gasteiger partial charge in [-0.1, -0.05) is 31.9 Å². The Hall–Kier alpha value is -1.75. The van der Waals surface area contributed by atoms with Crippen molar-refractivity contribution in [2.24, 2.45) is 11.7 Å². The minimum absolute atomic E-state index is 0.0264. The molecule has 0 aliphatic heterocycles. The second-order valence-corrected chi connectivity index (χ2v) is 5.87. The Kier molecular flexibility index (Phi) is 6.68. The van der Waals surface area contributed by atoms with E-state index in [0.29, 0.717) is 10.8 Å². The lowest BCUT2D eigenvalue weighted by Crippen LogP contribution is -2.49. The van der Waals surface area contributed by atoms with Crippen LogP contribution in [-0.2, 0) is 9.59 Å². The maximum Gasteiger partial charge on any atom is 0.258 e. The zero-order valence-corrected chi connectivity index (χ0v) is 14.2. The zero-order chi connectivity index (χ0) is 16.9. The van der Waals surface area contributed by atoms with Crippen molar-refractivity contribution in [2.45, 2.75) is 40.2 Å². The molecule has 0 fully saturated rings.